The molecule has 18 heavy (non-hydrogen) atoms. The third kappa shape index (κ3) is 12.8. The van der Waals surface area contributed by atoms with Crippen molar-refractivity contribution < 1.29 is 0 Å². The van der Waals surface area contributed by atoms with Crippen molar-refractivity contribution in [2.75, 3.05) is 6.26 Å². The topological polar surface area (TPSA) is 0 Å². The van der Waals surface area contributed by atoms with Crippen molar-refractivity contribution in [2.24, 2.45) is 0 Å². The van der Waals surface area contributed by atoms with Gasteiger partial charge < -0.3 is 0 Å². The van der Waals surface area contributed by atoms with Gasteiger partial charge in [-0.05, 0) is 19.1 Å². The molecule has 0 aromatic carbocycles. The molecule has 0 bridgehead atoms. The maximum absolute atomic E-state index is 2.30. The Labute approximate surface area is 121 Å². The van der Waals surface area contributed by atoms with Crippen LogP contribution in [0.15, 0.2) is 0 Å². The zero-order valence-electron chi connectivity index (χ0n) is 13.2. The first-order chi connectivity index (χ1) is 8.85. The van der Waals surface area contributed by atoms with E-state index in [1.54, 1.807) is 0 Å². The molecule has 0 aliphatic heterocycles. The van der Waals surface area contributed by atoms with Crippen LogP contribution in [-0.4, -0.2) is 11.5 Å². The molecule has 0 amide bonds. The summed E-state index contributed by atoms with van der Waals surface area (Å²) in [5.41, 5.74) is 0. The molecule has 110 valence electrons. The van der Waals surface area contributed by atoms with Gasteiger partial charge in [0.1, 0.15) is 0 Å². The van der Waals surface area contributed by atoms with Gasteiger partial charge in [-0.15, -0.1) is 0 Å². The van der Waals surface area contributed by atoms with Gasteiger partial charge in [-0.25, -0.2) is 0 Å². The highest BCUT2D eigenvalue weighted by molar-refractivity contribution is 7.99. The molecule has 1 heteroatoms. The minimum atomic E-state index is 0.942. The smallest absolute Gasteiger partial charge is 0.00442 e. The van der Waals surface area contributed by atoms with Crippen LogP contribution in [0.4, 0.5) is 0 Å². The predicted octanol–water partition coefficient (Wildman–Crippen LogP) is 6.83. The molecule has 0 spiro atoms. The fraction of sp³-hybridized carbons (Fsp3) is 1.00. The van der Waals surface area contributed by atoms with Gasteiger partial charge in [0.05, 0.1) is 0 Å². The average Bonchev–Trinajstić information content (AvgIpc) is 2.40. The molecule has 0 rings (SSSR count). The van der Waals surface area contributed by atoms with E-state index in [0.717, 1.165) is 5.25 Å². The lowest BCUT2D eigenvalue weighted by Gasteiger charge is -2.14. The molecule has 0 saturated heterocycles. The Bertz CT molecular complexity index is 145. The molecule has 0 fully saturated rings. The number of rotatable bonds is 14. The van der Waals surface area contributed by atoms with Gasteiger partial charge in [-0.1, -0.05) is 84.5 Å². The lowest BCUT2D eigenvalue weighted by atomic mass is 10.0. The molecule has 0 aromatic rings. The van der Waals surface area contributed by atoms with Crippen LogP contribution in [0.3, 0.4) is 0 Å². The minimum Gasteiger partial charge on any atom is -0.162 e. The summed E-state index contributed by atoms with van der Waals surface area (Å²) in [6.07, 6.45) is 21.0. The Hall–Kier alpha value is 0.350. The summed E-state index contributed by atoms with van der Waals surface area (Å²) < 4.78 is 0. The second-order valence-corrected chi connectivity index (χ2v) is 6.76. The van der Waals surface area contributed by atoms with E-state index >= 15 is 0 Å². The molecule has 0 nitrogen and oxygen atoms in total. The number of hydrogen-bond acceptors (Lipinski definition) is 1. The normalized spacial score (nSPS) is 12.8. The Morgan fingerprint density at radius 2 is 1.00 bits per heavy atom. The van der Waals surface area contributed by atoms with Crippen LogP contribution in [0, 0.1) is 0 Å². The van der Waals surface area contributed by atoms with Crippen LogP contribution < -0.4 is 0 Å². The lowest BCUT2D eigenvalue weighted by molar-refractivity contribution is 0.546. The highest BCUT2D eigenvalue weighted by Crippen LogP contribution is 2.22. The standard InChI is InChI=1S/C17H36S/c1-4-6-8-10-12-14-16-17(18-3)15-13-11-9-7-5-2/h17H,4-16H2,1-3H3. The lowest BCUT2D eigenvalue weighted by Crippen LogP contribution is -2.02. The SMILES string of the molecule is CCCCCCCCC(CCCCCCC)SC. The molecule has 0 aliphatic carbocycles. The highest BCUT2D eigenvalue weighted by Gasteiger charge is 2.06. The van der Waals surface area contributed by atoms with E-state index in [9.17, 15) is 0 Å². The number of thioether (sulfide) groups is 1. The van der Waals surface area contributed by atoms with Crippen molar-refractivity contribution in [1.29, 1.82) is 0 Å². The van der Waals surface area contributed by atoms with E-state index in [1.807, 2.05) is 0 Å². The number of unbranched alkanes of at least 4 members (excludes halogenated alkanes) is 9. The molecule has 0 N–H and O–H groups in total. The molecule has 1 atom stereocenters. The maximum Gasteiger partial charge on any atom is 0.00442 e. The molecular weight excluding hydrogens is 236 g/mol. The Balaban J connectivity index is 3.29. The first-order valence-corrected chi connectivity index (χ1v) is 9.66. The van der Waals surface area contributed by atoms with E-state index in [0.29, 0.717) is 0 Å². The van der Waals surface area contributed by atoms with E-state index in [1.165, 1.54) is 83.5 Å². The average molecular weight is 273 g/mol. The summed E-state index contributed by atoms with van der Waals surface area (Å²) in [5.74, 6) is 0. The van der Waals surface area contributed by atoms with Crippen molar-refractivity contribution >= 4 is 11.8 Å². The third-order valence-electron chi connectivity index (χ3n) is 3.84. The first kappa shape index (κ1) is 18.4. The summed E-state index contributed by atoms with van der Waals surface area (Å²) in [5, 5.41) is 0.942. The van der Waals surface area contributed by atoms with Gasteiger partial charge in [-0.2, -0.15) is 11.8 Å². The summed E-state index contributed by atoms with van der Waals surface area (Å²) in [4.78, 5) is 0. The van der Waals surface area contributed by atoms with Crippen LogP contribution in [0.5, 0.6) is 0 Å². The van der Waals surface area contributed by atoms with Crippen molar-refractivity contribution in [3.05, 3.63) is 0 Å². The fourth-order valence-corrected chi connectivity index (χ4v) is 3.31. The van der Waals surface area contributed by atoms with Gasteiger partial charge in [-0.3, -0.25) is 0 Å². The predicted molar refractivity (Wildman–Crippen MR) is 88.7 cm³/mol. The van der Waals surface area contributed by atoms with Gasteiger partial charge >= 0.3 is 0 Å². The van der Waals surface area contributed by atoms with Gasteiger partial charge in [0.25, 0.3) is 0 Å². The Morgan fingerprint density at radius 1 is 0.611 bits per heavy atom. The fourth-order valence-electron chi connectivity index (χ4n) is 2.51. The molecule has 1 unspecified atom stereocenters. The molecule has 0 radical (unpaired) electrons. The van der Waals surface area contributed by atoms with Gasteiger partial charge in [0.2, 0.25) is 0 Å². The molecular formula is C17H36S. The van der Waals surface area contributed by atoms with Crippen molar-refractivity contribution in [2.45, 2.75) is 103 Å². The zero-order valence-corrected chi connectivity index (χ0v) is 14.0. The monoisotopic (exact) mass is 272 g/mol. The Morgan fingerprint density at radius 3 is 1.39 bits per heavy atom. The zero-order chi connectivity index (χ0) is 13.5. The van der Waals surface area contributed by atoms with E-state index < -0.39 is 0 Å². The quantitative estimate of drug-likeness (QED) is 0.312. The highest BCUT2D eigenvalue weighted by atomic mass is 32.2. The molecule has 0 aromatic heterocycles. The second-order valence-electron chi connectivity index (χ2n) is 5.62. The third-order valence-corrected chi connectivity index (χ3v) is 4.98. The van der Waals surface area contributed by atoms with E-state index in [-0.39, 0.29) is 0 Å². The Kier molecular flexibility index (Phi) is 15.7. The van der Waals surface area contributed by atoms with Crippen LogP contribution in [0.1, 0.15) is 97.3 Å². The summed E-state index contributed by atoms with van der Waals surface area (Å²) in [7, 11) is 0. The molecule has 0 aliphatic rings. The van der Waals surface area contributed by atoms with Crippen LogP contribution in [0.2, 0.25) is 0 Å². The van der Waals surface area contributed by atoms with Crippen LogP contribution in [0.25, 0.3) is 0 Å². The van der Waals surface area contributed by atoms with Gasteiger partial charge in [0.15, 0.2) is 0 Å². The minimum absolute atomic E-state index is 0.942. The summed E-state index contributed by atoms with van der Waals surface area (Å²) in [6.45, 7) is 4.59. The van der Waals surface area contributed by atoms with E-state index in [2.05, 4.69) is 31.9 Å². The van der Waals surface area contributed by atoms with Crippen molar-refractivity contribution in [3.8, 4) is 0 Å². The molecule has 0 heterocycles. The maximum atomic E-state index is 2.30. The van der Waals surface area contributed by atoms with Crippen LogP contribution >= 0.6 is 11.8 Å². The number of hydrogen-bond donors (Lipinski definition) is 0. The van der Waals surface area contributed by atoms with Crippen molar-refractivity contribution in [1.82, 2.24) is 0 Å². The summed E-state index contributed by atoms with van der Waals surface area (Å²) >= 11 is 2.10. The van der Waals surface area contributed by atoms with E-state index in [4.69, 9.17) is 0 Å². The van der Waals surface area contributed by atoms with Gasteiger partial charge in [0, 0.05) is 5.25 Å². The van der Waals surface area contributed by atoms with Crippen LogP contribution in [-0.2, 0) is 0 Å². The molecule has 0 saturated carbocycles. The first-order valence-electron chi connectivity index (χ1n) is 8.37. The largest absolute Gasteiger partial charge is 0.162 e. The second kappa shape index (κ2) is 15.4. The summed E-state index contributed by atoms with van der Waals surface area (Å²) in [6, 6.07) is 0. The van der Waals surface area contributed by atoms with Crippen molar-refractivity contribution in [3.63, 3.8) is 0 Å².